The molecule has 2 fully saturated rings. The van der Waals surface area contributed by atoms with E-state index in [0.717, 1.165) is 68.1 Å². The second-order valence-electron chi connectivity index (χ2n) is 9.25. The van der Waals surface area contributed by atoms with Crippen LogP contribution in [0.2, 0.25) is 0 Å². The van der Waals surface area contributed by atoms with Crippen molar-refractivity contribution in [3.05, 3.63) is 57.8 Å². The number of rotatable bonds is 4. The van der Waals surface area contributed by atoms with Crippen molar-refractivity contribution in [2.75, 3.05) is 26.2 Å². The normalized spacial score (nSPS) is 24.4. The van der Waals surface area contributed by atoms with E-state index in [-0.39, 0.29) is 5.56 Å². The lowest BCUT2D eigenvalue weighted by Crippen LogP contribution is -2.47. The van der Waals surface area contributed by atoms with Gasteiger partial charge in [0.25, 0.3) is 5.56 Å². The van der Waals surface area contributed by atoms with Crippen LogP contribution in [0.15, 0.2) is 35.3 Å². The van der Waals surface area contributed by atoms with Crippen molar-refractivity contribution in [1.82, 2.24) is 29.5 Å². The van der Waals surface area contributed by atoms with Crippen LogP contribution < -0.4 is 5.56 Å². The van der Waals surface area contributed by atoms with Gasteiger partial charge in [-0.1, -0.05) is 6.07 Å². The Hall–Kier alpha value is -2.51. The molecule has 7 nitrogen and oxygen atoms in total. The fourth-order valence-electron chi connectivity index (χ4n) is 5.77. The van der Waals surface area contributed by atoms with Crippen molar-refractivity contribution in [3.63, 3.8) is 0 Å². The highest BCUT2D eigenvalue weighted by molar-refractivity contribution is 5.77. The number of nitrogens with zero attached hydrogens (tertiary/aromatic N) is 5. The van der Waals surface area contributed by atoms with E-state index in [1.54, 1.807) is 6.20 Å². The summed E-state index contributed by atoms with van der Waals surface area (Å²) in [6.45, 7) is 6.77. The van der Waals surface area contributed by atoms with Gasteiger partial charge in [-0.25, -0.2) is 4.98 Å². The summed E-state index contributed by atoms with van der Waals surface area (Å²) in [5, 5.41) is 8.63. The quantitative estimate of drug-likeness (QED) is 0.723. The van der Waals surface area contributed by atoms with Crippen LogP contribution >= 0.6 is 0 Å². The van der Waals surface area contributed by atoms with Crippen molar-refractivity contribution in [2.24, 2.45) is 5.92 Å². The van der Waals surface area contributed by atoms with Crippen LogP contribution in [-0.2, 0) is 19.6 Å². The molecule has 2 saturated heterocycles. The third-order valence-electron chi connectivity index (χ3n) is 7.14. The van der Waals surface area contributed by atoms with E-state index in [0.29, 0.717) is 11.8 Å². The number of likely N-dealkylation sites (tertiary alicyclic amines) is 2. The van der Waals surface area contributed by atoms with Gasteiger partial charge < -0.3 is 4.57 Å². The molecule has 0 aromatic carbocycles. The molecule has 30 heavy (non-hydrogen) atoms. The molecule has 0 amide bonds. The number of aromatic nitrogens is 4. The molecule has 3 aliphatic rings. The molecule has 0 aliphatic carbocycles. The van der Waals surface area contributed by atoms with Crippen LogP contribution in [0.5, 0.6) is 0 Å². The molecule has 6 rings (SSSR count). The average molecular weight is 405 g/mol. The lowest BCUT2D eigenvalue weighted by molar-refractivity contribution is 0.113. The summed E-state index contributed by atoms with van der Waals surface area (Å²) in [4.78, 5) is 22.5. The summed E-state index contributed by atoms with van der Waals surface area (Å²) in [7, 11) is 0. The summed E-state index contributed by atoms with van der Waals surface area (Å²) in [5.74, 6) is 0.960. The zero-order valence-corrected chi connectivity index (χ0v) is 17.3. The maximum atomic E-state index is 13.2. The second kappa shape index (κ2) is 7.32. The van der Waals surface area contributed by atoms with Gasteiger partial charge in [0.1, 0.15) is 0 Å². The number of piperidine rings is 1. The highest BCUT2D eigenvalue weighted by Crippen LogP contribution is 2.36. The maximum Gasteiger partial charge on any atom is 0.255 e. The van der Waals surface area contributed by atoms with Gasteiger partial charge in [0.2, 0.25) is 0 Å². The van der Waals surface area contributed by atoms with Crippen molar-refractivity contribution < 1.29 is 0 Å². The third-order valence-corrected chi connectivity index (χ3v) is 7.14. The van der Waals surface area contributed by atoms with Gasteiger partial charge >= 0.3 is 0 Å². The predicted molar refractivity (Wildman–Crippen MR) is 115 cm³/mol. The summed E-state index contributed by atoms with van der Waals surface area (Å²) in [6.07, 6.45) is 5.49. The van der Waals surface area contributed by atoms with E-state index in [1.165, 1.54) is 25.0 Å². The van der Waals surface area contributed by atoms with Crippen molar-refractivity contribution in [3.8, 4) is 0 Å². The zero-order chi connectivity index (χ0) is 20.1. The Morgan fingerprint density at radius 3 is 2.83 bits per heavy atom. The number of fused-ring (bicyclic) bond motifs is 5. The summed E-state index contributed by atoms with van der Waals surface area (Å²) in [5.41, 5.74) is 4.35. The van der Waals surface area contributed by atoms with Crippen LogP contribution in [0.1, 0.15) is 42.1 Å². The molecule has 2 atom stereocenters. The fourth-order valence-corrected chi connectivity index (χ4v) is 5.77. The largest absolute Gasteiger partial charge is 0.312 e. The molecule has 0 saturated carbocycles. The minimum absolute atomic E-state index is 0.244. The molecule has 0 unspecified atom stereocenters. The molecular weight excluding hydrogens is 376 g/mol. The van der Waals surface area contributed by atoms with Gasteiger partial charge in [-0.15, -0.1) is 0 Å². The molecule has 3 aromatic rings. The lowest BCUT2D eigenvalue weighted by Gasteiger charge is -2.42. The van der Waals surface area contributed by atoms with Crippen LogP contribution in [0.4, 0.5) is 0 Å². The van der Waals surface area contributed by atoms with Crippen LogP contribution in [-0.4, -0.2) is 55.7 Å². The number of hydrogen-bond donors (Lipinski definition) is 1. The number of pyridine rings is 2. The van der Waals surface area contributed by atoms with E-state index in [1.807, 2.05) is 6.07 Å². The second-order valence-corrected chi connectivity index (χ2v) is 9.25. The predicted octanol–water partition coefficient (Wildman–Crippen LogP) is 2.33. The first-order valence-electron chi connectivity index (χ1n) is 11.2. The first-order valence-corrected chi connectivity index (χ1v) is 11.2. The van der Waals surface area contributed by atoms with Gasteiger partial charge in [0, 0.05) is 61.5 Å². The Morgan fingerprint density at radius 2 is 1.93 bits per heavy atom. The first kappa shape index (κ1) is 18.3. The molecule has 156 valence electrons. The van der Waals surface area contributed by atoms with Crippen molar-refractivity contribution in [2.45, 2.75) is 44.8 Å². The van der Waals surface area contributed by atoms with Crippen LogP contribution in [0.3, 0.4) is 0 Å². The Kier molecular flexibility index (Phi) is 4.46. The van der Waals surface area contributed by atoms with E-state index in [4.69, 9.17) is 0 Å². The molecule has 3 aliphatic heterocycles. The molecule has 3 aromatic heterocycles. The molecule has 2 bridgehead atoms. The van der Waals surface area contributed by atoms with Gasteiger partial charge in [0.15, 0.2) is 5.65 Å². The Morgan fingerprint density at radius 1 is 1.03 bits per heavy atom. The lowest BCUT2D eigenvalue weighted by atomic mass is 9.83. The average Bonchev–Trinajstić information content (AvgIpc) is 3.41. The van der Waals surface area contributed by atoms with Crippen LogP contribution in [0.25, 0.3) is 11.0 Å². The Labute approximate surface area is 175 Å². The van der Waals surface area contributed by atoms with Crippen molar-refractivity contribution in [1.29, 1.82) is 0 Å². The van der Waals surface area contributed by atoms with Gasteiger partial charge in [-0.2, -0.15) is 5.10 Å². The fraction of sp³-hybridized carbons (Fsp3) is 0.522. The highest BCUT2D eigenvalue weighted by atomic mass is 16.1. The number of nitrogens with one attached hydrogen (secondary N) is 1. The monoisotopic (exact) mass is 404 g/mol. The highest BCUT2D eigenvalue weighted by Gasteiger charge is 2.35. The van der Waals surface area contributed by atoms with Gasteiger partial charge in [-0.05, 0) is 56.5 Å². The smallest absolute Gasteiger partial charge is 0.255 e. The van der Waals surface area contributed by atoms with E-state index in [2.05, 4.69) is 47.7 Å². The SMILES string of the molecule is O=c1c(CN2CCCC2)ccc2n1C[C@H]1C[C@@H]2CN(Cc2[nH]nc3ncccc23)C1. The zero-order valence-electron chi connectivity index (χ0n) is 17.3. The molecular formula is C23H28N6O. The Balaban J connectivity index is 1.23. The molecule has 6 heterocycles. The van der Waals surface area contributed by atoms with E-state index >= 15 is 0 Å². The molecule has 0 spiro atoms. The minimum atomic E-state index is 0.244. The van der Waals surface area contributed by atoms with Gasteiger partial charge in [-0.3, -0.25) is 19.7 Å². The number of hydrogen-bond acceptors (Lipinski definition) is 5. The molecule has 1 N–H and O–H groups in total. The van der Waals surface area contributed by atoms with E-state index in [9.17, 15) is 4.79 Å². The summed E-state index contributed by atoms with van der Waals surface area (Å²) in [6, 6.07) is 8.38. The topological polar surface area (TPSA) is 70.1 Å². The van der Waals surface area contributed by atoms with Gasteiger partial charge in [0.05, 0.1) is 5.69 Å². The minimum Gasteiger partial charge on any atom is -0.312 e. The maximum absolute atomic E-state index is 13.2. The first-order chi connectivity index (χ1) is 14.7. The molecule has 0 radical (unpaired) electrons. The third kappa shape index (κ3) is 3.17. The Bertz CT molecular complexity index is 1130. The standard InChI is InChI=1S/C23H28N6O/c30-23-17(13-27-8-1-2-9-27)5-6-21-18-10-16(12-29(21)23)11-28(14-18)15-20-19-4-3-7-24-22(19)26-25-20/h3-7,16,18H,1-2,8-15H2,(H,24,25,26)/t16-,18+/m0/s1. The summed E-state index contributed by atoms with van der Waals surface area (Å²) < 4.78 is 2.09. The van der Waals surface area contributed by atoms with Crippen LogP contribution in [0, 0.1) is 5.92 Å². The number of aromatic amines is 1. The number of H-pyrrole nitrogens is 1. The van der Waals surface area contributed by atoms with E-state index < -0.39 is 0 Å². The van der Waals surface area contributed by atoms with Crippen molar-refractivity contribution >= 4 is 11.0 Å². The summed E-state index contributed by atoms with van der Waals surface area (Å²) >= 11 is 0. The molecule has 7 heteroatoms.